The molecule has 1 heterocycles. The highest BCUT2D eigenvalue weighted by molar-refractivity contribution is 7.99. The number of hydrogen-bond donors (Lipinski definition) is 1. The number of benzene rings is 2. The fourth-order valence-corrected chi connectivity index (χ4v) is 2.93. The number of hydrogen-bond acceptors (Lipinski definition) is 7. The molecule has 0 atom stereocenters. The number of halogens is 1. The van der Waals surface area contributed by atoms with Gasteiger partial charge in [0.05, 0.1) is 4.92 Å². The van der Waals surface area contributed by atoms with Gasteiger partial charge in [-0.3, -0.25) is 20.0 Å². The first kappa shape index (κ1) is 17.9. The zero-order valence-corrected chi connectivity index (χ0v) is 14.7. The first-order valence-corrected chi connectivity index (χ1v) is 8.46. The van der Waals surface area contributed by atoms with Crippen molar-refractivity contribution in [1.29, 1.82) is 0 Å². The van der Waals surface area contributed by atoms with E-state index in [-0.39, 0.29) is 17.9 Å². The molecule has 1 N–H and O–H groups in total. The summed E-state index contributed by atoms with van der Waals surface area (Å²) < 4.78 is 5.56. The Bertz CT molecular complexity index is 946. The molecular formula is C16H11ClN4O4S. The molecule has 0 radical (unpaired) electrons. The van der Waals surface area contributed by atoms with E-state index in [1.54, 1.807) is 24.3 Å². The van der Waals surface area contributed by atoms with Crippen molar-refractivity contribution in [1.82, 2.24) is 15.2 Å². The van der Waals surface area contributed by atoms with Crippen LogP contribution in [0.3, 0.4) is 0 Å². The number of nitro benzene ring substituents is 1. The lowest BCUT2D eigenvalue weighted by Gasteiger charge is -2.03. The molecule has 132 valence electrons. The van der Waals surface area contributed by atoms with Gasteiger partial charge in [-0.2, -0.15) is 0 Å². The summed E-state index contributed by atoms with van der Waals surface area (Å²) in [5.41, 5.74) is 0.0523. The van der Waals surface area contributed by atoms with Crippen molar-refractivity contribution in [3.05, 3.63) is 69.0 Å². The van der Waals surface area contributed by atoms with Crippen LogP contribution in [0.4, 0.5) is 5.69 Å². The summed E-state index contributed by atoms with van der Waals surface area (Å²) in [6, 6.07) is 10.9. The van der Waals surface area contributed by atoms with Crippen molar-refractivity contribution >= 4 is 35.3 Å². The number of aldehydes is 1. The zero-order valence-electron chi connectivity index (χ0n) is 13.1. The lowest BCUT2D eigenvalue weighted by atomic mass is 10.2. The third kappa shape index (κ3) is 4.38. The van der Waals surface area contributed by atoms with Gasteiger partial charge >= 0.3 is 0 Å². The second kappa shape index (κ2) is 7.98. The van der Waals surface area contributed by atoms with Crippen molar-refractivity contribution in [3.8, 4) is 5.75 Å². The molecule has 0 aliphatic rings. The van der Waals surface area contributed by atoms with Gasteiger partial charge in [0, 0.05) is 27.6 Å². The van der Waals surface area contributed by atoms with Gasteiger partial charge < -0.3 is 4.74 Å². The minimum atomic E-state index is -0.555. The third-order valence-corrected chi connectivity index (χ3v) is 4.44. The van der Waals surface area contributed by atoms with Crippen molar-refractivity contribution in [3.63, 3.8) is 0 Å². The van der Waals surface area contributed by atoms with E-state index in [1.165, 1.54) is 18.2 Å². The van der Waals surface area contributed by atoms with Crippen LogP contribution in [0.15, 0.2) is 52.5 Å². The van der Waals surface area contributed by atoms with Crippen molar-refractivity contribution in [2.75, 3.05) is 0 Å². The van der Waals surface area contributed by atoms with Crippen molar-refractivity contribution in [2.24, 2.45) is 0 Å². The number of H-pyrrole nitrogens is 1. The maximum atomic E-state index is 11.2. The summed E-state index contributed by atoms with van der Waals surface area (Å²) >= 11 is 6.94. The largest absolute Gasteiger partial charge is 0.486 e. The average Bonchev–Trinajstić information content (AvgIpc) is 3.09. The molecule has 0 aliphatic heterocycles. The molecule has 0 amide bonds. The normalized spacial score (nSPS) is 10.5. The summed E-state index contributed by atoms with van der Waals surface area (Å²) in [7, 11) is 0. The van der Waals surface area contributed by atoms with Crippen LogP contribution in [0.25, 0.3) is 0 Å². The summed E-state index contributed by atoms with van der Waals surface area (Å²) in [5, 5.41) is 18.6. The van der Waals surface area contributed by atoms with E-state index < -0.39 is 4.92 Å². The number of aromatic amines is 1. The molecule has 0 spiro atoms. The Labute approximate surface area is 156 Å². The first-order valence-electron chi connectivity index (χ1n) is 7.26. The van der Waals surface area contributed by atoms with Crippen LogP contribution < -0.4 is 4.74 Å². The molecule has 2 aromatic carbocycles. The predicted octanol–water partition coefficient (Wildman–Crippen LogP) is 3.91. The molecule has 0 unspecified atom stereocenters. The van der Waals surface area contributed by atoms with Gasteiger partial charge in [0.2, 0.25) is 5.16 Å². The van der Waals surface area contributed by atoms with E-state index in [0.717, 1.165) is 11.8 Å². The summed E-state index contributed by atoms with van der Waals surface area (Å²) in [5.74, 6) is 1.13. The van der Waals surface area contributed by atoms with Gasteiger partial charge in [-0.25, -0.2) is 4.98 Å². The summed E-state index contributed by atoms with van der Waals surface area (Å²) in [6.45, 7) is 0.177. The van der Waals surface area contributed by atoms with Crippen LogP contribution in [-0.2, 0) is 6.61 Å². The minimum absolute atomic E-state index is 0.150. The molecule has 8 nitrogen and oxygen atoms in total. The van der Waals surface area contributed by atoms with E-state index >= 15 is 0 Å². The van der Waals surface area contributed by atoms with Gasteiger partial charge in [0.1, 0.15) is 12.4 Å². The molecule has 0 saturated carbocycles. The van der Waals surface area contributed by atoms with Crippen molar-refractivity contribution < 1.29 is 14.5 Å². The molecule has 3 aromatic rings. The summed E-state index contributed by atoms with van der Waals surface area (Å²) in [4.78, 5) is 26.2. The standard InChI is InChI=1S/C16H11ClN4O4S/c17-11-1-4-13(5-2-11)25-9-15-18-16(20-19-15)26-14-6-3-12(21(23)24)7-10(14)8-22/h1-8H,9H2,(H,18,19,20). The van der Waals surface area contributed by atoms with Crippen molar-refractivity contribution in [2.45, 2.75) is 16.7 Å². The Kier molecular flexibility index (Phi) is 5.49. The van der Waals surface area contributed by atoms with Gasteiger partial charge in [-0.05, 0) is 42.1 Å². The third-order valence-electron chi connectivity index (χ3n) is 3.23. The SMILES string of the molecule is O=Cc1cc([N+](=O)[O-])ccc1Sc1n[nH]c(COc2ccc(Cl)cc2)n1. The number of non-ortho nitro benzene ring substituents is 1. The highest BCUT2D eigenvalue weighted by atomic mass is 35.5. The minimum Gasteiger partial charge on any atom is -0.486 e. The molecule has 1 aromatic heterocycles. The van der Waals surface area contributed by atoms with Crippen LogP contribution in [0.2, 0.25) is 5.02 Å². The van der Waals surface area contributed by atoms with Crippen LogP contribution in [0, 0.1) is 10.1 Å². The van der Waals surface area contributed by atoms with Crippen LogP contribution in [-0.4, -0.2) is 26.4 Å². The Morgan fingerprint density at radius 2 is 2.04 bits per heavy atom. The van der Waals surface area contributed by atoms with E-state index in [1.807, 2.05) is 0 Å². The zero-order chi connectivity index (χ0) is 18.5. The number of ether oxygens (including phenoxy) is 1. The van der Waals surface area contributed by atoms with E-state index in [9.17, 15) is 14.9 Å². The first-order chi connectivity index (χ1) is 12.5. The van der Waals surface area contributed by atoms with Gasteiger partial charge in [-0.1, -0.05) is 11.6 Å². The number of carbonyl (C=O) groups is 1. The van der Waals surface area contributed by atoms with Gasteiger partial charge in [0.25, 0.3) is 5.69 Å². The topological polar surface area (TPSA) is 111 Å². The highest BCUT2D eigenvalue weighted by Gasteiger charge is 2.13. The molecule has 3 rings (SSSR count). The second-order valence-corrected chi connectivity index (χ2v) is 6.45. The predicted molar refractivity (Wildman–Crippen MR) is 94.8 cm³/mol. The number of nitrogens with zero attached hydrogens (tertiary/aromatic N) is 3. The lowest BCUT2D eigenvalue weighted by molar-refractivity contribution is -0.384. The Morgan fingerprint density at radius 1 is 1.27 bits per heavy atom. The Balaban J connectivity index is 1.67. The number of nitro groups is 1. The molecular weight excluding hydrogens is 380 g/mol. The Morgan fingerprint density at radius 3 is 2.73 bits per heavy atom. The quantitative estimate of drug-likeness (QED) is 0.370. The molecule has 0 bridgehead atoms. The number of nitrogens with one attached hydrogen (secondary N) is 1. The fourth-order valence-electron chi connectivity index (χ4n) is 2.00. The Hall–Kier alpha value is -2.91. The molecule has 0 saturated heterocycles. The molecule has 0 fully saturated rings. The number of rotatable bonds is 7. The maximum Gasteiger partial charge on any atom is 0.270 e. The smallest absolute Gasteiger partial charge is 0.270 e. The molecule has 26 heavy (non-hydrogen) atoms. The number of aromatic nitrogens is 3. The highest BCUT2D eigenvalue weighted by Crippen LogP contribution is 2.29. The van der Waals surface area contributed by atoms with Gasteiger partial charge in [-0.15, -0.1) is 5.10 Å². The second-order valence-electron chi connectivity index (χ2n) is 5.01. The van der Waals surface area contributed by atoms with Gasteiger partial charge in [0.15, 0.2) is 12.1 Å². The molecule has 10 heteroatoms. The van der Waals surface area contributed by atoms with Crippen LogP contribution in [0.1, 0.15) is 16.2 Å². The van der Waals surface area contributed by atoms with Crippen LogP contribution >= 0.6 is 23.4 Å². The number of carbonyl (C=O) groups excluding carboxylic acids is 1. The monoisotopic (exact) mass is 390 g/mol. The fraction of sp³-hybridized carbons (Fsp3) is 0.0625. The van der Waals surface area contributed by atoms with Crippen LogP contribution in [0.5, 0.6) is 5.75 Å². The van der Waals surface area contributed by atoms with E-state index in [0.29, 0.717) is 32.9 Å². The van der Waals surface area contributed by atoms with E-state index in [4.69, 9.17) is 16.3 Å². The van der Waals surface area contributed by atoms with E-state index in [2.05, 4.69) is 15.2 Å². The lowest BCUT2D eigenvalue weighted by Crippen LogP contribution is -1.97. The average molecular weight is 391 g/mol. The molecule has 0 aliphatic carbocycles. The summed E-state index contributed by atoms with van der Waals surface area (Å²) in [6.07, 6.45) is 0.562. The maximum absolute atomic E-state index is 11.2.